The Labute approximate surface area is 117 Å². The number of carbonyl (C=O) groups is 1. The van der Waals surface area contributed by atoms with E-state index in [9.17, 15) is 4.79 Å². The third-order valence-electron chi connectivity index (χ3n) is 2.84. The molecule has 1 aromatic carbocycles. The Morgan fingerprint density at radius 3 is 2.65 bits per heavy atom. The van der Waals surface area contributed by atoms with Crippen molar-refractivity contribution in [2.24, 2.45) is 0 Å². The number of carbonyl (C=O) groups excluding carboxylic acids is 1. The van der Waals surface area contributed by atoms with Crippen LogP contribution in [0.4, 0.5) is 0 Å². The predicted octanol–water partition coefficient (Wildman–Crippen LogP) is 2.90. The highest BCUT2D eigenvalue weighted by Crippen LogP contribution is 2.26. The molecule has 0 bridgehead atoms. The highest BCUT2D eigenvalue weighted by Gasteiger charge is 2.24. The van der Waals surface area contributed by atoms with Crippen molar-refractivity contribution < 1.29 is 18.7 Å². The van der Waals surface area contributed by atoms with Gasteiger partial charge in [0.05, 0.1) is 12.3 Å². The first-order valence-electron chi connectivity index (χ1n) is 6.39. The lowest BCUT2D eigenvalue weighted by Gasteiger charge is -2.11. The summed E-state index contributed by atoms with van der Waals surface area (Å²) in [6.07, 6.45) is -0.446. The van der Waals surface area contributed by atoms with Crippen LogP contribution < -0.4 is 0 Å². The zero-order valence-electron chi connectivity index (χ0n) is 11.8. The van der Waals surface area contributed by atoms with Gasteiger partial charge >= 0.3 is 5.97 Å². The molecule has 0 aliphatic carbocycles. The predicted molar refractivity (Wildman–Crippen MR) is 72.5 cm³/mol. The number of nitrogens with zero attached hydrogens (tertiary/aromatic N) is 1. The molecule has 0 N–H and O–H groups in total. The van der Waals surface area contributed by atoms with E-state index in [1.54, 1.807) is 21.0 Å². The highest BCUT2D eigenvalue weighted by molar-refractivity contribution is 5.87. The fraction of sp³-hybridized carbons (Fsp3) is 0.333. The third kappa shape index (κ3) is 2.88. The van der Waals surface area contributed by atoms with E-state index in [0.717, 1.165) is 5.56 Å². The van der Waals surface area contributed by atoms with Gasteiger partial charge < -0.3 is 13.9 Å². The molecule has 0 aliphatic rings. The average molecular weight is 275 g/mol. The number of oxazole rings is 1. The van der Waals surface area contributed by atoms with Crippen LogP contribution in [0.1, 0.15) is 40.7 Å². The van der Waals surface area contributed by atoms with Crippen LogP contribution in [-0.2, 0) is 9.47 Å². The Balaban J connectivity index is 2.32. The van der Waals surface area contributed by atoms with Crippen LogP contribution >= 0.6 is 0 Å². The van der Waals surface area contributed by atoms with E-state index in [1.807, 2.05) is 30.3 Å². The number of aromatic nitrogens is 1. The molecule has 0 radical (unpaired) electrons. The summed E-state index contributed by atoms with van der Waals surface area (Å²) < 4.78 is 15.9. The quantitative estimate of drug-likeness (QED) is 0.785. The van der Waals surface area contributed by atoms with Gasteiger partial charge in [-0.2, -0.15) is 0 Å². The Bertz CT molecular complexity index is 577. The van der Waals surface area contributed by atoms with Gasteiger partial charge in [0.15, 0.2) is 6.10 Å². The minimum absolute atomic E-state index is 0.125. The zero-order valence-corrected chi connectivity index (χ0v) is 11.8. The van der Waals surface area contributed by atoms with Crippen molar-refractivity contribution in [1.29, 1.82) is 0 Å². The summed E-state index contributed by atoms with van der Waals surface area (Å²) in [6.45, 7) is 3.74. The van der Waals surface area contributed by atoms with Crippen molar-refractivity contribution in [2.75, 3.05) is 13.7 Å². The van der Waals surface area contributed by atoms with E-state index in [1.165, 1.54) is 0 Å². The van der Waals surface area contributed by atoms with Crippen molar-refractivity contribution in [3.63, 3.8) is 0 Å². The number of hydrogen-bond acceptors (Lipinski definition) is 5. The maximum atomic E-state index is 11.7. The zero-order chi connectivity index (χ0) is 14.5. The standard InChI is InChI=1S/C15H17NO4/c1-4-19-15(17)12-10(2)16-14(20-12)13(18-3)11-8-6-5-7-9-11/h5-9,13H,4H2,1-3H3. The molecule has 2 aromatic rings. The second-order valence-corrected chi connectivity index (χ2v) is 4.21. The molecular weight excluding hydrogens is 258 g/mol. The fourth-order valence-electron chi connectivity index (χ4n) is 1.92. The largest absolute Gasteiger partial charge is 0.460 e. The minimum atomic E-state index is -0.508. The van der Waals surface area contributed by atoms with Gasteiger partial charge in [-0.1, -0.05) is 30.3 Å². The van der Waals surface area contributed by atoms with E-state index in [4.69, 9.17) is 13.9 Å². The average Bonchev–Trinajstić information content (AvgIpc) is 2.83. The van der Waals surface area contributed by atoms with Crippen molar-refractivity contribution in [2.45, 2.75) is 20.0 Å². The normalized spacial score (nSPS) is 12.2. The second kappa shape index (κ2) is 6.34. The molecule has 1 unspecified atom stereocenters. The molecular formula is C15H17NO4. The molecule has 5 nitrogen and oxygen atoms in total. The van der Waals surface area contributed by atoms with E-state index >= 15 is 0 Å². The number of hydrogen-bond donors (Lipinski definition) is 0. The lowest BCUT2D eigenvalue weighted by Crippen LogP contribution is -2.05. The summed E-state index contributed by atoms with van der Waals surface area (Å²) in [7, 11) is 1.57. The molecule has 0 saturated heterocycles. The van der Waals surface area contributed by atoms with Gasteiger partial charge in [-0.25, -0.2) is 9.78 Å². The van der Waals surface area contributed by atoms with Gasteiger partial charge in [-0.05, 0) is 19.4 Å². The Kier molecular flexibility index (Phi) is 4.53. The van der Waals surface area contributed by atoms with Crippen LogP contribution in [0.25, 0.3) is 0 Å². The van der Waals surface area contributed by atoms with Gasteiger partial charge in [-0.3, -0.25) is 0 Å². The second-order valence-electron chi connectivity index (χ2n) is 4.21. The molecule has 5 heteroatoms. The van der Waals surface area contributed by atoms with Gasteiger partial charge in [0, 0.05) is 7.11 Å². The smallest absolute Gasteiger partial charge is 0.376 e. The first kappa shape index (κ1) is 14.3. The molecule has 106 valence electrons. The van der Waals surface area contributed by atoms with Gasteiger partial charge in [0.2, 0.25) is 11.7 Å². The number of esters is 1. The van der Waals surface area contributed by atoms with Crippen LogP contribution in [0.2, 0.25) is 0 Å². The summed E-state index contributed by atoms with van der Waals surface area (Å²) in [6, 6.07) is 9.56. The van der Waals surface area contributed by atoms with Crippen molar-refractivity contribution in [3.05, 3.63) is 53.2 Å². The van der Waals surface area contributed by atoms with Gasteiger partial charge in [0.1, 0.15) is 0 Å². The van der Waals surface area contributed by atoms with Crippen molar-refractivity contribution >= 4 is 5.97 Å². The summed E-state index contributed by atoms with van der Waals surface area (Å²) in [5, 5.41) is 0. The van der Waals surface area contributed by atoms with Crippen LogP contribution in [0, 0.1) is 6.92 Å². The highest BCUT2D eigenvalue weighted by atomic mass is 16.5. The van der Waals surface area contributed by atoms with Crippen molar-refractivity contribution in [1.82, 2.24) is 4.98 Å². The topological polar surface area (TPSA) is 61.6 Å². The first-order chi connectivity index (χ1) is 9.67. The third-order valence-corrected chi connectivity index (χ3v) is 2.84. The maximum absolute atomic E-state index is 11.7. The number of aryl methyl sites for hydroxylation is 1. The molecule has 0 spiro atoms. The molecule has 1 aromatic heterocycles. The fourth-order valence-corrected chi connectivity index (χ4v) is 1.92. The van der Waals surface area contributed by atoms with Crippen LogP contribution in [0.15, 0.2) is 34.7 Å². The van der Waals surface area contributed by atoms with E-state index < -0.39 is 12.1 Å². The van der Waals surface area contributed by atoms with E-state index in [-0.39, 0.29) is 5.76 Å². The Morgan fingerprint density at radius 2 is 2.05 bits per heavy atom. The Morgan fingerprint density at radius 1 is 1.35 bits per heavy atom. The SMILES string of the molecule is CCOC(=O)c1oc(C(OC)c2ccccc2)nc1C. The number of methoxy groups -OCH3 is 1. The van der Waals surface area contributed by atoms with Gasteiger partial charge in [0.25, 0.3) is 0 Å². The van der Waals surface area contributed by atoms with Crippen LogP contribution in [0.5, 0.6) is 0 Å². The number of benzene rings is 1. The van der Waals surface area contributed by atoms with E-state index in [2.05, 4.69) is 4.98 Å². The molecule has 0 fully saturated rings. The minimum Gasteiger partial charge on any atom is -0.460 e. The first-order valence-corrected chi connectivity index (χ1v) is 6.39. The number of ether oxygens (including phenoxy) is 2. The molecule has 0 amide bonds. The monoisotopic (exact) mass is 275 g/mol. The molecule has 0 aliphatic heterocycles. The molecule has 2 rings (SSSR count). The Hall–Kier alpha value is -2.14. The maximum Gasteiger partial charge on any atom is 0.376 e. The number of rotatable bonds is 5. The van der Waals surface area contributed by atoms with Gasteiger partial charge in [-0.15, -0.1) is 0 Å². The summed E-state index contributed by atoms with van der Waals surface area (Å²) in [5.74, 6) is -0.0363. The lowest BCUT2D eigenvalue weighted by molar-refractivity contribution is 0.0476. The lowest BCUT2D eigenvalue weighted by atomic mass is 10.1. The molecule has 1 atom stereocenters. The van der Waals surface area contributed by atoms with Crippen LogP contribution in [0.3, 0.4) is 0 Å². The molecule has 20 heavy (non-hydrogen) atoms. The van der Waals surface area contributed by atoms with Crippen molar-refractivity contribution in [3.8, 4) is 0 Å². The molecule has 1 heterocycles. The summed E-state index contributed by atoms with van der Waals surface area (Å²) in [5.41, 5.74) is 1.41. The summed E-state index contributed by atoms with van der Waals surface area (Å²) >= 11 is 0. The van der Waals surface area contributed by atoms with E-state index in [0.29, 0.717) is 18.2 Å². The van der Waals surface area contributed by atoms with Crippen LogP contribution in [-0.4, -0.2) is 24.7 Å². The molecule has 0 saturated carbocycles. The summed E-state index contributed by atoms with van der Waals surface area (Å²) in [4.78, 5) is 16.0.